The maximum absolute atomic E-state index is 12.4. The number of nitrogen functional groups attached to an aromatic ring is 1. The van der Waals surface area contributed by atoms with Crippen molar-refractivity contribution in [1.82, 2.24) is 4.31 Å². The van der Waals surface area contributed by atoms with Crippen molar-refractivity contribution >= 4 is 26.5 Å². The number of halogens is 2. The number of hydrogen-bond acceptors (Lipinski definition) is 3. The van der Waals surface area contributed by atoms with Crippen LogP contribution in [-0.2, 0) is 10.0 Å². The van der Waals surface area contributed by atoms with E-state index in [-0.39, 0.29) is 4.90 Å². The Hall–Kier alpha value is -1.73. The second-order valence-electron chi connectivity index (χ2n) is 4.41. The molecule has 2 aromatic rings. The molecule has 0 heterocycles. The summed E-state index contributed by atoms with van der Waals surface area (Å²) in [5, 5.41) is 1.11. The molecule has 0 radical (unpaired) electrons. The first kappa shape index (κ1) is 14.7. The monoisotopic (exact) mass is 300 g/mol. The van der Waals surface area contributed by atoms with E-state index in [0.717, 1.165) is 7.05 Å². The van der Waals surface area contributed by atoms with E-state index >= 15 is 0 Å². The molecule has 0 aliphatic rings. The molecule has 0 aliphatic heterocycles. The third-order valence-electron chi connectivity index (χ3n) is 2.95. The number of hydrogen-bond donors (Lipinski definition) is 1. The van der Waals surface area contributed by atoms with Gasteiger partial charge >= 0.3 is 0 Å². The predicted molar refractivity (Wildman–Crippen MR) is 74.2 cm³/mol. The minimum atomic E-state index is -3.96. The zero-order valence-electron chi connectivity index (χ0n) is 10.8. The quantitative estimate of drug-likeness (QED) is 0.881. The second kappa shape index (κ2) is 5.34. The average molecular weight is 300 g/mol. The summed E-state index contributed by atoms with van der Waals surface area (Å²) in [4.78, 5) is -0.00171. The van der Waals surface area contributed by atoms with Crippen molar-refractivity contribution in [3.05, 3.63) is 36.4 Å². The predicted octanol–water partition coefficient (Wildman–Crippen LogP) is 2.31. The Labute approximate surface area is 115 Å². The molecule has 2 aromatic carbocycles. The Morgan fingerprint density at radius 2 is 1.95 bits per heavy atom. The summed E-state index contributed by atoms with van der Waals surface area (Å²) in [6, 6.07) is 9.47. The van der Waals surface area contributed by atoms with Gasteiger partial charge in [0.1, 0.15) is 0 Å². The van der Waals surface area contributed by atoms with Gasteiger partial charge in [-0.1, -0.05) is 18.2 Å². The summed E-state index contributed by atoms with van der Waals surface area (Å²) in [5.41, 5.74) is 6.16. The lowest BCUT2D eigenvalue weighted by Gasteiger charge is -2.18. The summed E-state index contributed by atoms with van der Waals surface area (Å²) >= 11 is 0. The standard InChI is InChI=1S/C13H14F2N2O2S/c1-17(8-13(14)15)20(18,19)12-4-2-3-9-7-10(16)5-6-11(9)12/h2-7,13H,8,16H2,1H3. The van der Waals surface area contributed by atoms with Crippen molar-refractivity contribution in [2.75, 3.05) is 19.3 Å². The molecule has 0 atom stereocenters. The molecule has 0 aromatic heterocycles. The Kier molecular flexibility index (Phi) is 3.92. The smallest absolute Gasteiger partial charge is 0.252 e. The van der Waals surface area contributed by atoms with Crippen LogP contribution >= 0.6 is 0 Å². The first-order valence-electron chi connectivity index (χ1n) is 5.85. The molecular formula is C13H14F2N2O2S. The van der Waals surface area contributed by atoms with Gasteiger partial charge in [-0.2, -0.15) is 4.31 Å². The van der Waals surface area contributed by atoms with Crippen molar-refractivity contribution < 1.29 is 17.2 Å². The number of nitrogens with two attached hydrogens (primary N) is 1. The van der Waals surface area contributed by atoms with Crippen molar-refractivity contribution in [1.29, 1.82) is 0 Å². The van der Waals surface area contributed by atoms with Gasteiger partial charge in [0.2, 0.25) is 10.0 Å². The van der Waals surface area contributed by atoms with Crippen LogP contribution in [0.25, 0.3) is 10.8 Å². The third kappa shape index (κ3) is 2.73. The first-order chi connectivity index (χ1) is 9.32. The molecule has 0 amide bonds. The lowest BCUT2D eigenvalue weighted by Crippen LogP contribution is -2.31. The Balaban J connectivity index is 2.57. The topological polar surface area (TPSA) is 63.4 Å². The Morgan fingerprint density at radius 1 is 1.25 bits per heavy atom. The third-order valence-corrected chi connectivity index (χ3v) is 4.83. The highest BCUT2D eigenvalue weighted by Crippen LogP contribution is 2.27. The molecule has 0 spiro atoms. The number of rotatable bonds is 4. The number of sulfonamides is 1. The molecule has 7 heteroatoms. The van der Waals surface area contributed by atoms with E-state index < -0.39 is 23.0 Å². The number of fused-ring (bicyclic) bond motifs is 1. The van der Waals surface area contributed by atoms with Crippen LogP contribution in [0.5, 0.6) is 0 Å². The van der Waals surface area contributed by atoms with E-state index in [9.17, 15) is 17.2 Å². The van der Waals surface area contributed by atoms with E-state index in [1.54, 1.807) is 30.3 Å². The van der Waals surface area contributed by atoms with E-state index in [1.165, 1.54) is 6.07 Å². The summed E-state index contributed by atoms with van der Waals surface area (Å²) in [5.74, 6) is 0. The molecule has 2 rings (SSSR count). The Bertz CT molecular complexity index is 732. The zero-order chi connectivity index (χ0) is 14.9. The van der Waals surface area contributed by atoms with Crippen molar-refractivity contribution in [3.8, 4) is 0 Å². The van der Waals surface area contributed by atoms with Gasteiger partial charge in [0, 0.05) is 18.1 Å². The molecule has 0 aliphatic carbocycles. The highest BCUT2D eigenvalue weighted by Gasteiger charge is 2.25. The van der Waals surface area contributed by atoms with Crippen molar-refractivity contribution in [2.45, 2.75) is 11.3 Å². The summed E-state index contributed by atoms with van der Waals surface area (Å²) in [6.07, 6.45) is -2.72. The number of alkyl halides is 2. The fourth-order valence-electron chi connectivity index (χ4n) is 1.96. The van der Waals surface area contributed by atoms with Crippen LogP contribution in [0.4, 0.5) is 14.5 Å². The number of benzene rings is 2. The van der Waals surface area contributed by atoms with Crippen molar-refractivity contribution in [2.24, 2.45) is 0 Å². The summed E-state index contributed by atoms with van der Waals surface area (Å²) in [6.45, 7) is -0.840. The minimum absolute atomic E-state index is 0.00171. The fraction of sp³-hybridized carbons (Fsp3) is 0.231. The van der Waals surface area contributed by atoms with Gasteiger partial charge in [0.15, 0.2) is 0 Å². The normalized spacial score (nSPS) is 12.4. The molecule has 0 bridgehead atoms. The molecule has 0 fully saturated rings. The van der Waals surface area contributed by atoms with E-state index in [4.69, 9.17) is 5.73 Å². The van der Waals surface area contributed by atoms with Crippen LogP contribution in [0.3, 0.4) is 0 Å². The molecule has 0 saturated heterocycles. The van der Waals surface area contributed by atoms with Crippen LogP contribution in [-0.4, -0.2) is 32.7 Å². The van der Waals surface area contributed by atoms with E-state index in [0.29, 0.717) is 20.8 Å². The van der Waals surface area contributed by atoms with Crippen molar-refractivity contribution in [3.63, 3.8) is 0 Å². The largest absolute Gasteiger partial charge is 0.399 e. The summed E-state index contributed by atoms with van der Waals surface area (Å²) < 4.78 is 50.1. The molecule has 0 saturated carbocycles. The average Bonchev–Trinajstić information content (AvgIpc) is 2.36. The molecule has 0 unspecified atom stereocenters. The molecular weight excluding hydrogens is 286 g/mol. The summed E-state index contributed by atoms with van der Waals surface area (Å²) in [7, 11) is -2.82. The van der Waals surface area contributed by atoms with E-state index in [1.807, 2.05) is 0 Å². The van der Waals surface area contributed by atoms with Crippen LogP contribution in [0.1, 0.15) is 0 Å². The molecule has 108 valence electrons. The van der Waals surface area contributed by atoms with Gasteiger partial charge in [-0.15, -0.1) is 0 Å². The van der Waals surface area contributed by atoms with Crippen LogP contribution in [0, 0.1) is 0 Å². The molecule has 4 nitrogen and oxygen atoms in total. The van der Waals surface area contributed by atoms with Gasteiger partial charge in [0.25, 0.3) is 6.43 Å². The number of anilines is 1. The van der Waals surface area contributed by atoms with Crippen LogP contribution < -0.4 is 5.73 Å². The Morgan fingerprint density at radius 3 is 2.60 bits per heavy atom. The van der Waals surface area contributed by atoms with Crippen LogP contribution in [0.2, 0.25) is 0 Å². The van der Waals surface area contributed by atoms with Crippen LogP contribution in [0.15, 0.2) is 41.3 Å². The van der Waals surface area contributed by atoms with Gasteiger partial charge in [-0.3, -0.25) is 0 Å². The van der Waals surface area contributed by atoms with Gasteiger partial charge in [-0.25, -0.2) is 17.2 Å². The van der Waals surface area contributed by atoms with Gasteiger partial charge in [-0.05, 0) is 23.6 Å². The molecule has 20 heavy (non-hydrogen) atoms. The zero-order valence-corrected chi connectivity index (χ0v) is 11.6. The first-order valence-corrected chi connectivity index (χ1v) is 7.29. The van der Waals surface area contributed by atoms with Gasteiger partial charge in [0.05, 0.1) is 11.4 Å². The lowest BCUT2D eigenvalue weighted by atomic mass is 10.1. The maximum Gasteiger partial charge on any atom is 0.252 e. The fourth-order valence-corrected chi connectivity index (χ4v) is 3.32. The minimum Gasteiger partial charge on any atom is -0.399 e. The van der Waals surface area contributed by atoms with Gasteiger partial charge < -0.3 is 5.73 Å². The highest BCUT2D eigenvalue weighted by molar-refractivity contribution is 7.89. The van der Waals surface area contributed by atoms with E-state index in [2.05, 4.69) is 0 Å². The second-order valence-corrected chi connectivity index (χ2v) is 6.43. The SMILES string of the molecule is CN(CC(F)F)S(=O)(=O)c1cccc2cc(N)ccc12. The number of nitrogens with zero attached hydrogens (tertiary/aromatic N) is 1. The molecule has 2 N–H and O–H groups in total. The maximum atomic E-state index is 12.4. The highest BCUT2D eigenvalue weighted by atomic mass is 32.2. The lowest BCUT2D eigenvalue weighted by molar-refractivity contribution is 0.126.